The van der Waals surface area contributed by atoms with Gasteiger partial charge in [0.05, 0.1) is 0 Å². The predicted molar refractivity (Wildman–Crippen MR) is 74.6 cm³/mol. The van der Waals surface area contributed by atoms with Gasteiger partial charge in [0.2, 0.25) is 0 Å². The van der Waals surface area contributed by atoms with Crippen LogP contribution in [0, 0.1) is 12.7 Å². The quantitative estimate of drug-likeness (QED) is 0.758. The van der Waals surface area contributed by atoms with Crippen molar-refractivity contribution < 1.29 is 9.13 Å². The van der Waals surface area contributed by atoms with Crippen molar-refractivity contribution in [2.75, 3.05) is 0 Å². The van der Waals surface area contributed by atoms with Gasteiger partial charge in [-0.3, -0.25) is 0 Å². The molecule has 0 N–H and O–H groups in total. The van der Waals surface area contributed by atoms with Gasteiger partial charge in [-0.1, -0.05) is 33.6 Å². The second-order valence-electron chi connectivity index (χ2n) is 3.93. The average Bonchev–Trinajstić information content (AvgIpc) is 2.34. The lowest BCUT2D eigenvalue weighted by Crippen LogP contribution is -1.99. The third-order valence-electron chi connectivity index (χ3n) is 2.54. The highest BCUT2D eigenvalue weighted by atomic mass is 79.9. The molecule has 0 unspecified atom stereocenters. The Balaban J connectivity index is 2.16. The molecule has 18 heavy (non-hydrogen) atoms. The Kier molecular flexibility index (Phi) is 4.25. The lowest BCUT2D eigenvalue weighted by atomic mass is 10.2. The van der Waals surface area contributed by atoms with Gasteiger partial charge in [-0.05, 0) is 42.8 Å². The van der Waals surface area contributed by atoms with Crippen molar-refractivity contribution in [2.24, 2.45) is 0 Å². The summed E-state index contributed by atoms with van der Waals surface area (Å²) in [6, 6.07) is 10.2. The molecule has 0 spiro atoms. The third-order valence-corrected chi connectivity index (χ3v) is 3.27. The molecule has 2 aromatic carbocycles. The molecule has 0 atom stereocenters. The second-order valence-corrected chi connectivity index (χ2v) is 5.29. The van der Waals surface area contributed by atoms with E-state index in [9.17, 15) is 4.39 Å². The van der Waals surface area contributed by atoms with Crippen molar-refractivity contribution in [1.82, 2.24) is 0 Å². The highest BCUT2D eigenvalue weighted by Crippen LogP contribution is 2.24. The van der Waals surface area contributed by atoms with Crippen LogP contribution in [-0.4, -0.2) is 0 Å². The van der Waals surface area contributed by atoms with Crippen molar-refractivity contribution in [3.8, 4) is 5.75 Å². The van der Waals surface area contributed by atoms with Crippen LogP contribution in [0.25, 0.3) is 0 Å². The third kappa shape index (κ3) is 3.24. The molecule has 1 nitrogen and oxygen atoms in total. The van der Waals surface area contributed by atoms with E-state index in [0.29, 0.717) is 16.3 Å². The average molecular weight is 330 g/mol. The fourth-order valence-corrected chi connectivity index (χ4v) is 2.11. The Hall–Kier alpha value is -1.06. The van der Waals surface area contributed by atoms with Gasteiger partial charge in [0, 0.05) is 15.1 Å². The molecule has 0 saturated heterocycles. The zero-order valence-electron chi connectivity index (χ0n) is 9.71. The van der Waals surface area contributed by atoms with Crippen LogP contribution in [0.1, 0.15) is 11.1 Å². The van der Waals surface area contributed by atoms with Gasteiger partial charge in [-0.25, -0.2) is 4.39 Å². The SMILES string of the molecule is Cc1ccc(Cl)cc1OCc1cc(Br)ccc1F. The minimum atomic E-state index is -0.280. The summed E-state index contributed by atoms with van der Waals surface area (Å²) in [5.74, 6) is 0.389. The number of hydrogen-bond acceptors (Lipinski definition) is 1. The molecule has 0 heterocycles. The largest absolute Gasteiger partial charge is 0.488 e. The first-order chi connectivity index (χ1) is 8.56. The highest BCUT2D eigenvalue weighted by Gasteiger charge is 2.06. The normalized spacial score (nSPS) is 10.4. The van der Waals surface area contributed by atoms with Crippen LogP contribution >= 0.6 is 27.5 Å². The van der Waals surface area contributed by atoms with Crippen LogP contribution in [0.15, 0.2) is 40.9 Å². The maximum atomic E-state index is 13.5. The Bertz CT molecular complexity index is 520. The van der Waals surface area contributed by atoms with Crippen LogP contribution in [0.4, 0.5) is 4.39 Å². The van der Waals surface area contributed by atoms with Crippen LogP contribution in [-0.2, 0) is 6.61 Å². The predicted octanol–water partition coefficient (Wildman–Crippen LogP) is 5.13. The minimum absolute atomic E-state index is 0.173. The van der Waals surface area contributed by atoms with Gasteiger partial charge in [-0.15, -0.1) is 0 Å². The summed E-state index contributed by atoms with van der Waals surface area (Å²) in [6.07, 6.45) is 0. The number of aryl methyl sites for hydroxylation is 1. The zero-order chi connectivity index (χ0) is 13.1. The fourth-order valence-electron chi connectivity index (χ4n) is 1.54. The Morgan fingerprint density at radius 2 is 2.00 bits per heavy atom. The molecule has 0 aromatic heterocycles. The molecule has 0 radical (unpaired) electrons. The van der Waals surface area contributed by atoms with Crippen molar-refractivity contribution in [2.45, 2.75) is 13.5 Å². The van der Waals surface area contributed by atoms with Gasteiger partial charge in [-0.2, -0.15) is 0 Å². The molecule has 0 aliphatic rings. The first-order valence-electron chi connectivity index (χ1n) is 5.39. The highest BCUT2D eigenvalue weighted by molar-refractivity contribution is 9.10. The smallest absolute Gasteiger partial charge is 0.129 e. The van der Waals surface area contributed by atoms with Gasteiger partial charge in [0.25, 0.3) is 0 Å². The van der Waals surface area contributed by atoms with Crippen LogP contribution < -0.4 is 4.74 Å². The molecule has 0 amide bonds. The maximum absolute atomic E-state index is 13.5. The fraction of sp³-hybridized carbons (Fsp3) is 0.143. The van der Waals surface area contributed by atoms with Crippen LogP contribution in [0.5, 0.6) is 5.75 Å². The van der Waals surface area contributed by atoms with E-state index >= 15 is 0 Å². The van der Waals surface area contributed by atoms with E-state index in [0.717, 1.165) is 10.0 Å². The molecule has 2 aromatic rings. The summed E-state index contributed by atoms with van der Waals surface area (Å²) in [7, 11) is 0. The summed E-state index contributed by atoms with van der Waals surface area (Å²) in [5, 5.41) is 0.602. The summed E-state index contributed by atoms with van der Waals surface area (Å²) in [4.78, 5) is 0. The standard InChI is InChI=1S/C14H11BrClFO/c1-9-2-4-12(16)7-14(9)18-8-10-6-11(15)3-5-13(10)17/h2-7H,8H2,1H3. The van der Waals surface area contributed by atoms with Crippen molar-refractivity contribution in [3.05, 3.63) is 62.8 Å². The lowest BCUT2D eigenvalue weighted by Gasteiger charge is -2.10. The maximum Gasteiger partial charge on any atom is 0.129 e. The van der Waals surface area contributed by atoms with E-state index < -0.39 is 0 Å². The Morgan fingerprint density at radius 3 is 2.78 bits per heavy atom. The summed E-state index contributed by atoms with van der Waals surface area (Å²) in [6.45, 7) is 2.09. The zero-order valence-corrected chi connectivity index (χ0v) is 12.1. The molecule has 0 aliphatic carbocycles. The van der Waals surface area contributed by atoms with Crippen LogP contribution in [0.3, 0.4) is 0 Å². The van der Waals surface area contributed by atoms with Gasteiger partial charge < -0.3 is 4.74 Å². The first kappa shape index (κ1) is 13.4. The monoisotopic (exact) mass is 328 g/mol. The molecule has 0 saturated carbocycles. The van der Waals surface area contributed by atoms with Crippen LogP contribution in [0.2, 0.25) is 5.02 Å². The van der Waals surface area contributed by atoms with Gasteiger partial charge >= 0.3 is 0 Å². The number of halogens is 3. The van der Waals surface area contributed by atoms with Gasteiger partial charge in [0.15, 0.2) is 0 Å². The lowest BCUT2D eigenvalue weighted by molar-refractivity contribution is 0.298. The van der Waals surface area contributed by atoms with E-state index in [1.807, 2.05) is 13.0 Å². The van der Waals surface area contributed by atoms with Crippen molar-refractivity contribution in [1.29, 1.82) is 0 Å². The molecule has 94 valence electrons. The summed E-state index contributed by atoms with van der Waals surface area (Å²) in [5.41, 5.74) is 1.47. The number of rotatable bonds is 3. The molecule has 4 heteroatoms. The Labute approximate surface area is 119 Å². The van der Waals surface area contributed by atoms with Crippen molar-refractivity contribution >= 4 is 27.5 Å². The summed E-state index contributed by atoms with van der Waals surface area (Å²) < 4.78 is 19.9. The second kappa shape index (κ2) is 5.72. The minimum Gasteiger partial charge on any atom is -0.488 e. The number of benzene rings is 2. The Morgan fingerprint density at radius 1 is 1.22 bits per heavy atom. The van der Waals surface area contributed by atoms with Gasteiger partial charge in [0.1, 0.15) is 18.2 Å². The molecule has 0 aliphatic heterocycles. The molecule has 0 fully saturated rings. The number of ether oxygens (including phenoxy) is 1. The van der Waals surface area contributed by atoms with E-state index in [1.54, 1.807) is 24.3 Å². The van der Waals surface area contributed by atoms with E-state index in [1.165, 1.54) is 6.07 Å². The molecule has 0 bridgehead atoms. The molecular formula is C14H11BrClFO. The molecule has 2 rings (SSSR count). The first-order valence-corrected chi connectivity index (χ1v) is 6.56. The molecular weight excluding hydrogens is 319 g/mol. The topological polar surface area (TPSA) is 9.23 Å². The van der Waals surface area contributed by atoms with E-state index in [-0.39, 0.29) is 12.4 Å². The van der Waals surface area contributed by atoms with E-state index in [2.05, 4.69) is 15.9 Å². The van der Waals surface area contributed by atoms with E-state index in [4.69, 9.17) is 16.3 Å². The number of hydrogen-bond donors (Lipinski definition) is 0. The van der Waals surface area contributed by atoms with Crippen molar-refractivity contribution in [3.63, 3.8) is 0 Å². The summed E-state index contributed by atoms with van der Waals surface area (Å²) >= 11 is 9.20.